The third kappa shape index (κ3) is 2.66. The molecule has 1 fully saturated rings. The normalized spacial score (nSPS) is 26.2. The second-order valence-corrected chi connectivity index (χ2v) is 5.97. The Bertz CT molecular complexity index is 515. The summed E-state index contributed by atoms with van der Waals surface area (Å²) in [5, 5.41) is 12.8. The van der Waals surface area contributed by atoms with Crippen LogP contribution in [0.5, 0.6) is 5.75 Å². The van der Waals surface area contributed by atoms with E-state index in [1.165, 1.54) is 17.5 Å². The van der Waals surface area contributed by atoms with Gasteiger partial charge in [-0.25, -0.2) is 0 Å². The Morgan fingerprint density at radius 3 is 3.05 bits per heavy atom. The number of likely N-dealkylation sites (tertiary alicyclic amines) is 1. The van der Waals surface area contributed by atoms with Gasteiger partial charge in [-0.05, 0) is 48.9 Å². The smallest absolute Gasteiger partial charge is 0.217 e. The van der Waals surface area contributed by atoms with Crippen molar-refractivity contribution in [1.29, 1.82) is 0 Å². The van der Waals surface area contributed by atoms with E-state index in [0.29, 0.717) is 11.8 Å². The molecule has 1 aliphatic carbocycles. The predicted octanol–water partition coefficient (Wildman–Crippen LogP) is 1.98. The van der Waals surface area contributed by atoms with Crippen LogP contribution < -0.4 is 5.32 Å². The van der Waals surface area contributed by atoms with E-state index >= 15 is 0 Å². The standard InChI is InChI=1S/C16H22N2O2/c1-11(19)17-13-7-8-18(10-13)16-4-2-3-12-5-6-14(20)9-15(12)16/h5-6,9,13,16,20H,2-4,7-8,10H2,1H3,(H,17,19). The molecule has 1 aliphatic heterocycles. The Morgan fingerprint density at radius 1 is 1.40 bits per heavy atom. The van der Waals surface area contributed by atoms with E-state index in [0.717, 1.165) is 32.4 Å². The summed E-state index contributed by atoms with van der Waals surface area (Å²) < 4.78 is 0. The van der Waals surface area contributed by atoms with Crippen LogP contribution in [0.2, 0.25) is 0 Å². The number of aromatic hydroxyl groups is 1. The summed E-state index contributed by atoms with van der Waals surface area (Å²) in [5.41, 5.74) is 2.64. The number of carbonyl (C=O) groups is 1. The first-order chi connectivity index (χ1) is 9.63. The molecule has 1 aromatic carbocycles. The highest BCUT2D eigenvalue weighted by atomic mass is 16.3. The molecule has 20 heavy (non-hydrogen) atoms. The topological polar surface area (TPSA) is 52.6 Å². The molecule has 1 aromatic rings. The first kappa shape index (κ1) is 13.4. The van der Waals surface area contributed by atoms with Gasteiger partial charge < -0.3 is 10.4 Å². The van der Waals surface area contributed by atoms with Crippen molar-refractivity contribution in [2.75, 3.05) is 13.1 Å². The van der Waals surface area contributed by atoms with Gasteiger partial charge in [0.05, 0.1) is 0 Å². The third-order valence-electron chi connectivity index (χ3n) is 4.48. The highest BCUT2D eigenvalue weighted by molar-refractivity contribution is 5.73. The van der Waals surface area contributed by atoms with Gasteiger partial charge >= 0.3 is 0 Å². The second kappa shape index (κ2) is 5.44. The lowest BCUT2D eigenvalue weighted by atomic mass is 9.86. The zero-order valence-electron chi connectivity index (χ0n) is 11.9. The van der Waals surface area contributed by atoms with Crippen LogP contribution in [-0.4, -0.2) is 35.0 Å². The number of rotatable bonds is 2. The van der Waals surface area contributed by atoms with Gasteiger partial charge in [-0.3, -0.25) is 9.69 Å². The maximum atomic E-state index is 11.2. The highest BCUT2D eigenvalue weighted by Gasteiger charge is 2.32. The Balaban J connectivity index is 1.76. The first-order valence-electron chi connectivity index (χ1n) is 7.46. The molecule has 1 amide bonds. The summed E-state index contributed by atoms with van der Waals surface area (Å²) in [5.74, 6) is 0.409. The van der Waals surface area contributed by atoms with E-state index in [-0.39, 0.29) is 11.9 Å². The number of phenolic OH excluding ortho intramolecular Hbond substituents is 1. The Morgan fingerprint density at radius 2 is 2.25 bits per heavy atom. The molecule has 0 bridgehead atoms. The van der Waals surface area contributed by atoms with Gasteiger partial charge in [0, 0.05) is 32.1 Å². The molecule has 0 radical (unpaired) electrons. The predicted molar refractivity (Wildman–Crippen MR) is 77.6 cm³/mol. The monoisotopic (exact) mass is 274 g/mol. The van der Waals surface area contributed by atoms with Gasteiger partial charge in [-0.15, -0.1) is 0 Å². The van der Waals surface area contributed by atoms with Gasteiger partial charge in [0.2, 0.25) is 5.91 Å². The van der Waals surface area contributed by atoms with Crippen molar-refractivity contribution >= 4 is 5.91 Å². The van der Waals surface area contributed by atoms with Crippen molar-refractivity contribution in [3.8, 4) is 5.75 Å². The maximum Gasteiger partial charge on any atom is 0.217 e. The number of nitrogens with zero attached hydrogens (tertiary/aromatic N) is 1. The minimum atomic E-state index is 0.0542. The van der Waals surface area contributed by atoms with Crippen LogP contribution in [0.25, 0.3) is 0 Å². The van der Waals surface area contributed by atoms with Gasteiger partial charge in [0.25, 0.3) is 0 Å². The second-order valence-electron chi connectivity index (χ2n) is 5.97. The average Bonchev–Trinajstić information content (AvgIpc) is 2.85. The van der Waals surface area contributed by atoms with Crippen molar-refractivity contribution in [2.24, 2.45) is 0 Å². The van der Waals surface area contributed by atoms with Crippen molar-refractivity contribution in [3.63, 3.8) is 0 Å². The van der Waals surface area contributed by atoms with Gasteiger partial charge in [-0.2, -0.15) is 0 Å². The van der Waals surface area contributed by atoms with Crippen molar-refractivity contribution in [1.82, 2.24) is 10.2 Å². The molecule has 2 atom stereocenters. The minimum absolute atomic E-state index is 0.0542. The van der Waals surface area contributed by atoms with Crippen LogP contribution in [0.1, 0.15) is 43.4 Å². The lowest BCUT2D eigenvalue weighted by molar-refractivity contribution is -0.119. The number of fused-ring (bicyclic) bond motifs is 1. The van der Waals surface area contributed by atoms with Crippen LogP contribution in [0.3, 0.4) is 0 Å². The average molecular weight is 274 g/mol. The molecule has 4 heteroatoms. The van der Waals surface area contributed by atoms with Gasteiger partial charge in [0.1, 0.15) is 5.75 Å². The SMILES string of the molecule is CC(=O)NC1CCN(C2CCCc3ccc(O)cc32)C1. The number of carbonyl (C=O) groups excluding carboxylic acids is 1. The van der Waals surface area contributed by atoms with E-state index in [1.807, 2.05) is 6.07 Å². The zero-order valence-corrected chi connectivity index (χ0v) is 11.9. The fourth-order valence-electron chi connectivity index (χ4n) is 3.62. The quantitative estimate of drug-likeness (QED) is 0.867. The number of amides is 1. The molecule has 2 N–H and O–H groups in total. The third-order valence-corrected chi connectivity index (χ3v) is 4.48. The fourth-order valence-corrected chi connectivity index (χ4v) is 3.62. The number of benzene rings is 1. The molecule has 2 aliphatic rings. The Hall–Kier alpha value is -1.55. The molecule has 0 saturated carbocycles. The van der Waals surface area contributed by atoms with E-state index in [9.17, 15) is 9.90 Å². The van der Waals surface area contributed by atoms with Crippen molar-refractivity contribution in [3.05, 3.63) is 29.3 Å². The number of phenols is 1. The van der Waals surface area contributed by atoms with E-state index in [1.54, 1.807) is 13.0 Å². The molecule has 1 saturated heterocycles. The summed E-state index contributed by atoms with van der Waals surface area (Å²) in [7, 11) is 0. The number of hydrogen-bond donors (Lipinski definition) is 2. The van der Waals surface area contributed by atoms with Crippen LogP contribution in [0.15, 0.2) is 18.2 Å². The summed E-state index contributed by atoms with van der Waals surface area (Å²) in [6, 6.07) is 6.42. The van der Waals surface area contributed by atoms with Crippen LogP contribution in [0, 0.1) is 0 Å². The molecule has 0 spiro atoms. The summed E-state index contributed by atoms with van der Waals surface area (Å²) in [6.45, 7) is 3.51. The van der Waals surface area contributed by atoms with Crippen LogP contribution >= 0.6 is 0 Å². The molecule has 0 aromatic heterocycles. The number of hydrogen-bond acceptors (Lipinski definition) is 3. The zero-order chi connectivity index (χ0) is 14.1. The van der Waals surface area contributed by atoms with Gasteiger partial charge in [-0.1, -0.05) is 6.07 Å². The van der Waals surface area contributed by atoms with Crippen molar-refractivity contribution < 1.29 is 9.90 Å². The van der Waals surface area contributed by atoms with Crippen LogP contribution in [0.4, 0.5) is 0 Å². The van der Waals surface area contributed by atoms with Gasteiger partial charge in [0.15, 0.2) is 0 Å². The minimum Gasteiger partial charge on any atom is -0.508 e. The lowest BCUT2D eigenvalue weighted by Crippen LogP contribution is -2.37. The van der Waals surface area contributed by atoms with Crippen molar-refractivity contribution in [2.45, 2.75) is 44.7 Å². The lowest BCUT2D eigenvalue weighted by Gasteiger charge is -2.33. The molecule has 4 nitrogen and oxygen atoms in total. The van der Waals surface area contributed by atoms with E-state index < -0.39 is 0 Å². The summed E-state index contributed by atoms with van der Waals surface area (Å²) in [4.78, 5) is 13.6. The van der Waals surface area contributed by atoms with E-state index in [4.69, 9.17) is 0 Å². The molecule has 108 valence electrons. The molecular weight excluding hydrogens is 252 g/mol. The molecular formula is C16H22N2O2. The fraction of sp³-hybridized carbons (Fsp3) is 0.562. The Kier molecular flexibility index (Phi) is 3.66. The Labute approximate surface area is 119 Å². The molecule has 3 rings (SSSR count). The largest absolute Gasteiger partial charge is 0.508 e. The summed E-state index contributed by atoms with van der Waals surface area (Å²) in [6.07, 6.45) is 4.46. The molecule has 2 unspecified atom stereocenters. The number of nitrogens with one attached hydrogen (secondary N) is 1. The summed E-state index contributed by atoms with van der Waals surface area (Å²) >= 11 is 0. The number of aryl methyl sites for hydroxylation is 1. The first-order valence-corrected chi connectivity index (χ1v) is 7.46. The molecule has 1 heterocycles. The van der Waals surface area contributed by atoms with E-state index in [2.05, 4.69) is 16.3 Å². The highest BCUT2D eigenvalue weighted by Crippen LogP contribution is 2.37. The van der Waals surface area contributed by atoms with Crippen LogP contribution in [-0.2, 0) is 11.2 Å². The maximum absolute atomic E-state index is 11.2.